The quantitative estimate of drug-likeness (QED) is 0.622. The van der Waals surface area contributed by atoms with E-state index in [1.807, 2.05) is 0 Å². The molecule has 3 rings (SSSR count). The Bertz CT molecular complexity index is 1110. The number of carbonyl (C=O) groups is 2. The Morgan fingerprint density at radius 1 is 1.03 bits per heavy atom. The fourth-order valence-electron chi connectivity index (χ4n) is 2.46. The van der Waals surface area contributed by atoms with Gasteiger partial charge in [0.15, 0.2) is 6.61 Å². The first-order valence-corrected chi connectivity index (χ1v) is 9.18. The van der Waals surface area contributed by atoms with Gasteiger partial charge in [-0.3, -0.25) is 9.59 Å². The summed E-state index contributed by atoms with van der Waals surface area (Å²) in [6, 6.07) is 14.4. The number of nitrogens with one attached hydrogen (secondary N) is 1. The largest absolute Gasteiger partial charge is 0.451 e. The third-order valence-electron chi connectivity index (χ3n) is 3.83. The molecule has 0 unspecified atom stereocenters. The molecule has 1 heterocycles. The molecule has 1 aromatic heterocycles. The molecule has 3 aromatic rings. The summed E-state index contributed by atoms with van der Waals surface area (Å²) in [6.07, 6.45) is 0. The van der Waals surface area contributed by atoms with E-state index in [9.17, 15) is 14.4 Å². The molecule has 0 saturated carbocycles. The molecule has 0 radical (unpaired) electrons. The van der Waals surface area contributed by atoms with Crippen LogP contribution in [0.1, 0.15) is 16.2 Å². The Hall–Kier alpha value is -3.16. The van der Waals surface area contributed by atoms with Crippen molar-refractivity contribution in [2.75, 3.05) is 11.9 Å². The van der Waals surface area contributed by atoms with E-state index in [1.165, 1.54) is 10.7 Å². The monoisotopic (exact) mass is 431 g/mol. The Morgan fingerprint density at radius 3 is 2.24 bits per heavy atom. The van der Waals surface area contributed by atoms with Crippen LogP contribution >= 0.6 is 23.2 Å². The van der Waals surface area contributed by atoms with Crippen molar-refractivity contribution in [1.29, 1.82) is 0 Å². The molecule has 2 aromatic carbocycles. The van der Waals surface area contributed by atoms with Crippen LogP contribution in [0.2, 0.25) is 10.0 Å². The fourth-order valence-corrected chi connectivity index (χ4v) is 2.71. The van der Waals surface area contributed by atoms with E-state index < -0.39 is 29.6 Å². The second kappa shape index (κ2) is 8.89. The van der Waals surface area contributed by atoms with E-state index in [-0.39, 0.29) is 0 Å². The summed E-state index contributed by atoms with van der Waals surface area (Å²) >= 11 is 11.7. The van der Waals surface area contributed by atoms with Gasteiger partial charge in [0.1, 0.15) is 0 Å². The van der Waals surface area contributed by atoms with E-state index in [2.05, 4.69) is 10.4 Å². The minimum atomic E-state index is -0.996. The number of ether oxygens (including phenoxy) is 1. The average molecular weight is 432 g/mol. The molecule has 1 N–H and O–H groups in total. The van der Waals surface area contributed by atoms with Gasteiger partial charge in [-0.15, -0.1) is 0 Å². The maximum absolute atomic E-state index is 12.3. The molecular formula is C20H15Cl2N3O4. The van der Waals surface area contributed by atoms with Gasteiger partial charge in [0.05, 0.1) is 5.69 Å². The Kier molecular flexibility index (Phi) is 6.31. The highest BCUT2D eigenvalue weighted by Gasteiger charge is 2.18. The number of hydrogen-bond donors (Lipinski definition) is 1. The number of carbonyl (C=O) groups excluding carboxylic acids is 2. The van der Waals surface area contributed by atoms with Gasteiger partial charge in [-0.05, 0) is 55.5 Å². The van der Waals surface area contributed by atoms with Crippen LogP contribution in [0.4, 0.5) is 5.69 Å². The number of esters is 1. The summed E-state index contributed by atoms with van der Waals surface area (Å²) in [5.41, 5.74) is 0.602. The lowest BCUT2D eigenvalue weighted by atomic mass is 10.3. The number of hydrogen-bond acceptors (Lipinski definition) is 5. The van der Waals surface area contributed by atoms with Gasteiger partial charge in [-0.1, -0.05) is 23.2 Å². The molecule has 0 fully saturated rings. The van der Waals surface area contributed by atoms with Crippen molar-refractivity contribution in [3.63, 3.8) is 0 Å². The van der Waals surface area contributed by atoms with Gasteiger partial charge in [0.25, 0.3) is 5.91 Å². The zero-order valence-corrected chi connectivity index (χ0v) is 16.7. The predicted octanol–water partition coefficient (Wildman–Crippen LogP) is 3.64. The molecule has 0 bridgehead atoms. The predicted molar refractivity (Wildman–Crippen MR) is 110 cm³/mol. The SMILES string of the molecule is Cc1cc(=O)c(C(=O)OCC(=O)Nc2ccc(Cl)cc2)nn1-c1ccc(Cl)cc1. The number of rotatable bonds is 5. The van der Waals surface area contributed by atoms with E-state index in [4.69, 9.17) is 27.9 Å². The maximum Gasteiger partial charge on any atom is 0.363 e. The van der Waals surface area contributed by atoms with E-state index in [1.54, 1.807) is 55.5 Å². The van der Waals surface area contributed by atoms with Crippen molar-refractivity contribution in [1.82, 2.24) is 9.78 Å². The summed E-state index contributed by atoms with van der Waals surface area (Å²) in [7, 11) is 0. The van der Waals surface area contributed by atoms with Gasteiger partial charge in [-0.2, -0.15) is 5.10 Å². The number of benzene rings is 2. The number of amides is 1. The van der Waals surface area contributed by atoms with Crippen molar-refractivity contribution in [2.24, 2.45) is 0 Å². The number of aromatic nitrogens is 2. The summed E-state index contributed by atoms with van der Waals surface area (Å²) < 4.78 is 6.36. The summed E-state index contributed by atoms with van der Waals surface area (Å²) in [4.78, 5) is 36.4. The van der Waals surface area contributed by atoms with Crippen LogP contribution in [-0.4, -0.2) is 28.3 Å². The summed E-state index contributed by atoms with van der Waals surface area (Å²) in [6.45, 7) is 1.11. The molecule has 0 atom stereocenters. The molecule has 9 heteroatoms. The lowest BCUT2D eigenvalue weighted by Crippen LogP contribution is -2.27. The second-order valence-corrected chi connectivity index (χ2v) is 6.89. The number of halogens is 2. The molecule has 0 spiro atoms. The van der Waals surface area contributed by atoms with Gasteiger partial charge < -0.3 is 10.1 Å². The zero-order chi connectivity index (χ0) is 21.0. The van der Waals surface area contributed by atoms with E-state index in [0.717, 1.165) is 0 Å². The third kappa shape index (κ3) is 5.22. The summed E-state index contributed by atoms with van der Waals surface area (Å²) in [5, 5.41) is 7.70. The molecule has 0 aliphatic carbocycles. The average Bonchev–Trinajstić information content (AvgIpc) is 2.69. The number of aryl methyl sites for hydroxylation is 1. The number of nitrogens with zero attached hydrogens (tertiary/aromatic N) is 2. The fraction of sp³-hybridized carbons (Fsp3) is 0.100. The van der Waals surface area contributed by atoms with Crippen LogP contribution in [0, 0.1) is 6.92 Å². The minimum absolute atomic E-state index is 0.426. The van der Waals surface area contributed by atoms with Gasteiger partial charge in [-0.25, -0.2) is 9.48 Å². The van der Waals surface area contributed by atoms with Crippen LogP contribution in [0.5, 0.6) is 0 Å². The van der Waals surface area contributed by atoms with Crippen molar-refractivity contribution >= 4 is 40.8 Å². The van der Waals surface area contributed by atoms with Crippen molar-refractivity contribution in [3.05, 3.63) is 86.3 Å². The highest BCUT2D eigenvalue weighted by Crippen LogP contribution is 2.14. The van der Waals surface area contributed by atoms with E-state index >= 15 is 0 Å². The van der Waals surface area contributed by atoms with Crippen LogP contribution in [0.25, 0.3) is 5.69 Å². The van der Waals surface area contributed by atoms with Crippen LogP contribution in [-0.2, 0) is 9.53 Å². The topological polar surface area (TPSA) is 90.3 Å². The highest BCUT2D eigenvalue weighted by molar-refractivity contribution is 6.30. The normalized spacial score (nSPS) is 10.4. The molecular weight excluding hydrogens is 417 g/mol. The molecule has 0 saturated heterocycles. The smallest absolute Gasteiger partial charge is 0.363 e. The first-order chi connectivity index (χ1) is 13.8. The van der Waals surface area contributed by atoms with Crippen LogP contribution in [0.3, 0.4) is 0 Å². The van der Waals surface area contributed by atoms with Gasteiger partial charge in [0.2, 0.25) is 11.1 Å². The first kappa shape index (κ1) is 20.6. The molecule has 1 amide bonds. The van der Waals surface area contributed by atoms with Crippen molar-refractivity contribution < 1.29 is 14.3 Å². The van der Waals surface area contributed by atoms with Gasteiger partial charge >= 0.3 is 5.97 Å². The minimum Gasteiger partial charge on any atom is -0.451 e. The van der Waals surface area contributed by atoms with Gasteiger partial charge in [0, 0.05) is 27.5 Å². The molecule has 0 aliphatic heterocycles. The summed E-state index contributed by atoms with van der Waals surface area (Å²) in [5.74, 6) is -1.56. The third-order valence-corrected chi connectivity index (χ3v) is 4.34. The molecule has 7 nitrogen and oxygen atoms in total. The molecule has 0 aliphatic rings. The Morgan fingerprint density at radius 2 is 1.62 bits per heavy atom. The second-order valence-electron chi connectivity index (χ2n) is 6.02. The van der Waals surface area contributed by atoms with E-state index in [0.29, 0.717) is 27.1 Å². The Labute approximate surface area is 175 Å². The van der Waals surface area contributed by atoms with Crippen molar-refractivity contribution in [3.8, 4) is 5.69 Å². The first-order valence-electron chi connectivity index (χ1n) is 8.43. The standard InChI is InChI=1S/C20H15Cl2N3O4/c1-12-10-17(26)19(24-25(12)16-8-4-14(22)5-9-16)20(28)29-11-18(27)23-15-6-2-13(21)3-7-15/h2-10H,11H2,1H3,(H,23,27). The zero-order valence-electron chi connectivity index (χ0n) is 15.2. The van der Waals surface area contributed by atoms with Crippen molar-refractivity contribution in [2.45, 2.75) is 6.92 Å². The molecule has 29 heavy (non-hydrogen) atoms. The lowest BCUT2D eigenvalue weighted by molar-refractivity contribution is -0.119. The lowest BCUT2D eigenvalue weighted by Gasteiger charge is -2.11. The highest BCUT2D eigenvalue weighted by atomic mass is 35.5. The van der Waals surface area contributed by atoms with Crippen LogP contribution in [0.15, 0.2) is 59.4 Å². The number of anilines is 1. The maximum atomic E-state index is 12.3. The van der Waals surface area contributed by atoms with Crippen LogP contribution < -0.4 is 10.7 Å². The molecule has 148 valence electrons. The Balaban J connectivity index is 1.72.